The lowest BCUT2D eigenvalue weighted by molar-refractivity contribution is -0.127. The van der Waals surface area contributed by atoms with E-state index in [2.05, 4.69) is 25.8 Å². The number of aliphatic imine (C=N–C) groups is 1. The number of nitrogens with zero attached hydrogens (tertiary/aromatic N) is 4. The maximum atomic E-state index is 11.7. The van der Waals surface area contributed by atoms with Crippen molar-refractivity contribution in [1.29, 1.82) is 0 Å². The highest BCUT2D eigenvalue weighted by Crippen LogP contribution is 2.19. The predicted octanol–water partition coefficient (Wildman–Crippen LogP) is 1.27. The molecule has 22 heavy (non-hydrogen) atoms. The van der Waals surface area contributed by atoms with Crippen LogP contribution in [0.1, 0.15) is 18.5 Å². The van der Waals surface area contributed by atoms with Gasteiger partial charge in [0.05, 0.1) is 6.54 Å². The molecule has 1 fully saturated rings. The number of aromatic nitrogens is 1. The van der Waals surface area contributed by atoms with Crippen LogP contribution in [0.3, 0.4) is 0 Å². The number of carbonyl (C=O) groups excluding carboxylic acids is 1. The molecule has 0 aromatic carbocycles. The molecule has 0 atom stereocenters. The van der Waals surface area contributed by atoms with E-state index in [1.54, 1.807) is 19.0 Å². The summed E-state index contributed by atoms with van der Waals surface area (Å²) >= 11 is 0. The van der Waals surface area contributed by atoms with Gasteiger partial charge in [0.2, 0.25) is 5.91 Å². The topological polar surface area (TPSA) is 52.9 Å². The van der Waals surface area contributed by atoms with Crippen LogP contribution in [0.15, 0.2) is 23.3 Å². The maximum absolute atomic E-state index is 11.7. The lowest BCUT2D eigenvalue weighted by atomic mass is 10.4. The lowest BCUT2D eigenvalue weighted by Crippen LogP contribution is -2.41. The second-order valence-electron chi connectivity index (χ2n) is 5.81. The number of guanidine groups is 1. The second-order valence-corrected chi connectivity index (χ2v) is 5.81. The van der Waals surface area contributed by atoms with E-state index < -0.39 is 0 Å². The van der Waals surface area contributed by atoms with Gasteiger partial charge in [-0.15, -0.1) is 24.0 Å². The smallest absolute Gasteiger partial charge is 0.243 e. The fourth-order valence-electron chi connectivity index (χ4n) is 1.95. The summed E-state index contributed by atoms with van der Waals surface area (Å²) in [7, 11) is 7.53. The molecule has 2 rings (SSSR count). The Morgan fingerprint density at radius 1 is 1.41 bits per heavy atom. The Labute approximate surface area is 149 Å². The van der Waals surface area contributed by atoms with Gasteiger partial charge in [-0.2, -0.15) is 0 Å². The number of nitrogens with one attached hydrogen (secondary N) is 1. The first-order chi connectivity index (χ1) is 9.97. The predicted molar refractivity (Wildman–Crippen MR) is 99.4 cm³/mol. The zero-order chi connectivity index (χ0) is 15.4. The van der Waals surface area contributed by atoms with Gasteiger partial charge in [-0.3, -0.25) is 4.79 Å². The van der Waals surface area contributed by atoms with Crippen molar-refractivity contribution in [2.75, 3.05) is 27.7 Å². The molecular weight excluding hydrogens is 393 g/mol. The Balaban J connectivity index is 0.00000242. The number of amides is 1. The summed E-state index contributed by atoms with van der Waals surface area (Å²) < 4.78 is 2.09. The molecule has 0 aliphatic heterocycles. The minimum Gasteiger partial charge on any atom is -0.353 e. The van der Waals surface area contributed by atoms with Gasteiger partial charge in [0.25, 0.3) is 0 Å². The molecule has 1 saturated carbocycles. The van der Waals surface area contributed by atoms with Crippen molar-refractivity contribution in [2.45, 2.75) is 25.4 Å². The number of hydrogen-bond donors (Lipinski definition) is 1. The Hall–Kier alpha value is -1.25. The standard InChI is InChI=1S/C15H25N5O.HI/c1-18(2)14(21)10-16-15(17-12-7-8-12)20(4)11-13-6-5-9-19(13)3;/h5-6,9,12H,7-8,10-11H2,1-4H3,(H,16,17);1H. The van der Waals surface area contributed by atoms with Crippen molar-refractivity contribution >= 4 is 35.8 Å². The molecule has 0 bridgehead atoms. The first-order valence-electron chi connectivity index (χ1n) is 7.30. The van der Waals surface area contributed by atoms with Gasteiger partial charge in [-0.25, -0.2) is 4.99 Å². The molecule has 1 N–H and O–H groups in total. The molecule has 1 aromatic rings. The third kappa shape index (κ3) is 5.51. The van der Waals surface area contributed by atoms with Crippen LogP contribution in [-0.2, 0) is 18.4 Å². The van der Waals surface area contributed by atoms with E-state index in [4.69, 9.17) is 0 Å². The van der Waals surface area contributed by atoms with Crippen LogP contribution in [0.2, 0.25) is 0 Å². The van der Waals surface area contributed by atoms with Crippen LogP contribution < -0.4 is 5.32 Å². The Kier molecular flexibility index (Phi) is 7.18. The number of likely N-dealkylation sites (N-methyl/N-ethyl adjacent to an activating group) is 1. The summed E-state index contributed by atoms with van der Waals surface area (Å²) in [5, 5.41) is 3.41. The Morgan fingerprint density at radius 2 is 2.09 bits per heavy atom. The van der Waals surface area contributed by atoms with E-state index in [1.165, 1.54) is 18.5 Å². The molecule has 1 aromatic heterocycles. The molecule has 1 aliphatic rings. The first-order valence-corrected chi connectivity index (χ1v) is 7.30. The van der Waals surface area contributed by atoms with Crippen LogP contribution in [0.4, 0.5) is 0 Å². The van der Waals surface area contributed by atoms with E-state index in [0.717, 1.165) is 12.5 Å². The average Bonchev–Trinajstić information content (AvgIpc) is 3.17. The van der Waals surface area contributed by atoms with E-state index in [0.29, 0.717) is 6.04 Å². The van der Waals surface area contributed by atoms with E-state index in [-0.39, 0.29) is 36.4 Å². The Morgan fingerprint density at radius 3 is 2.59 bits per heavy atom. The zero-order valence-electron chi connectivity index (χ0n) is 13.7. The third-order valence-electron chi connectivity index (χ3n) is 3.59. The highest BCUT2D eigenvalue weighted by molar-refractivity contribution is 14.0. The van der Waals surface area contributed by atoms with Gasteiger partial charge in [-0.1, -0.05) is 0 Å². The first kappa shape index (κ1) is 18.8. The van der Waals surface area contributed by atoms with Gasteiger partial charge in [-0.05, 0) is 25.0 Å². The van der Waals surface area contributed by atoms with Gasteiger partial charge in [0.15, 0.2) is 5.96 Å². The summed E-state index contributed by atoms with van der Waals surface area (Å²) in [6.07, 6.45) is 4.39. The van der Waals surface area contributed by atoms with Gasteiger partial charge in [0.1, 0.15) is 6.54 Å². The van der Waals surface area contributed by atoms with Gasteiger partial charge >= 0.3 is 0 Å². The van der Waals surface area contributed by atoms with Crippen LogP contribution >= 0.6 is 24.0 Å². The second kappa shape index (κ2) is 8.40. The number of carbonyl (C=O) groups is 1. The molecule has 0 radical (unpaired) electrons. The summed E-state index contributed by atoms with van der Waals surface area (Å²) in [6, 6.07) is 4.63. The molecule has 0 spiro atoms. The maximum Gasteiger partial charge on any atom is 0.243 e. The molecule has 0 unspecified atom stereocenters. The highest BCUT2D eigenvalue weighted by atomic mass is 127. The van der Waals surface area contributed by atoms with Crippen LogP contribution in [0.25, 0.3) is 0 Å². The molecule has 1 heterocycles. The van der Waals surface area contributed by atoms with Crippen molar-refractivity contribution in [1.82, 2.24) is 19.7 Å². The highest BCUT2D eigenvalue weighted by Gasteiger charge is 2.24. The minimum atomic E-state index is 0. The largest absolute Gasteiger partial charge is 0.353 e. The van der Waals surface area contributed by atoms with Gasteiger partial charge < -0.3 is 19.7 Å². The van der Waals surface area contributed by atoms with Crippen LogP contribution in [-0.4, -0.2) is 60.0 Å². The summed E-state index contributed by atoms with van der Waals surface area (Å²) in [6.45, 7) is 0.942. The van der Waals surface area contributed by atoms with Crippen molar-refractivity contribution in [3.63, 3.8) is 0 Å². The SMILES string of the molecule is CN(C)C(=O)CN=C(NC1CC1)N(C)Cc1cccn1C.I. The number of rotatable bonds is 5. The molecular formula is C15H26IN5O. The molecule has 1 amide bonds. The molecule has 0 saturated heterocycles. The van der Waals surface area contributed by atoms with E-state index in [1.807, 2.05) is 26.4 Å². The van der Waals surface area contributed by atoms with Crippen LogP contribution in [0.5, 0.6) is 0 Å². The molecule has 6 nitrogen and oxygen atoms in total. The molecule has 124 valence electrons. The van der Waals surface area contributed by atoms with E-state index in [9.17, 15) is 4.79 Å². The van der Waals surface area contributed by atoms with Crippen molar-refractivity contribution in [2.24, 2.45) is 12.0 Å². The summed E-state index contributed by atoms with van der Waals surface area (Å²) in [4.78, 5) is 19.8. The summed E-state index contributed by atoms with van der Waals surface area (Å²) in [5.74, 6) is 0.811. The normalized spacial score (nSPS) is 14.3. The van der Waals surface area contributed by atoms with Crippen molar-refractivity contribution in [3.05, 3.63) is 24.0 Å². The van der Waals surface area contributed by atoms with Crippen LogP contribution in [0, 0.1) is 0 Å². The molecule has 7 heteroatoms. The number of aryl methyl sites for hydroxylation is 1. The summed E-state index contributed by atoms with van der Waals surface area (Å²) in [5.41, 5.74) is 1.21. The fourth-order valence-corrected chi connectivity index (χ4v) is 1.95. The van der Waals surface area contributed by atoms with E-state index >= 15 is 0 Å². The molecule has 1 aliphatic carbocycles. The monoisotopic (exact) mass is 419 g/mol. The lowest BCUT2D eigenvalue weighted by Gasteiger charge is -2.23. The van der Waals surface area contributed by atoms with Crippen molar-refractivity contribution in [3.8, 4) is 0 Å². The third-order valence-corrected chi connectivity index (χ3v) is 3.59. The Bertz CT molecular complexity index is 522. The average molecular weight is 419 g/mol. The quantitative estimate of drug-likeness (QED) is 0.445. The minimum absolute atomic E-state index is 0. The van der Waals surface area contributed by atoms with Crippen molar-refractivity contribution < 1.29 is 4.79 Å². The van der Waals surface area contributed by atoms with Gasteiger partial charge in [0, 0.05) is 46.1 Å². The number of hydrogen-bond acceptors (Lipinski definition) is 2. The fraction of sp³-hybridized carbons (Fsp3) is 0.600. The number of halogens is 1. The zero-order valence-corrected chi connectivity index (χ0v) is 16.1.